The number of nitrogen functional groups attached to an aromatic ring is 1. The van der Waals surface area contributed by atoms with E-state index in [1.165, 1.54) is 18.2 Å². The van der Waals surface area contributed by atoms with E-state index < -0.39 is 42.2 Å². The van der Waals surface area contributed by atoms with Crippen molar-refractivity contribution in [2.75, 3.05) is 5.73 Å². The Bertz CT molecular complexity index is 933. The van der Waals surface area contributed by atoms with Crippen molar-refractivity contribution in [2.24, 2.45) is 0 Å². The number of fused-ring (bicyclic) bond motifs is 1. The molecule has 8 nitrogen and oxygen atoms in total. The minimum absolute atomic E-state index is 0.0311. The largest absolute Gasteiger partial charge is 0.507 e. The third-order valence-electron chi connectivity index (χ3n) is 2.84. The minimum atomic E-state index is -4.81. The van der Waals surface area contributed by atoms with Crippen LogP contribution in [-0.4, -0.2) is 31.0 Å². The van der Waals surface area contributed by atoms with Crippen molar-refractivity contribution >= 4 is 36.7 Å². The number of hydrogen-bond donors (Lipinski definition) is 4. The first-order valence-corrected chi connectivity index (χ1v) is 8.51. The van der Waals surface area contributed by atoms with Crippen molar-refractivity contribution < 1.29 is 31.0 Å². The monoisotopic (exact) mass is 333 g/mol. The van der Waals surface area contributed by atoms with Crippen LogP contribution in [0.25, 0.3) is 10.8 Å². The van der Waals surface area contributed by atoms with E-state index in [-0.39, 0.29) is 16.5 Å². The fraction of sp³-hybridized carbons (Fsp3) is 0.0909. The Labute approximate surface area is 120 Å². The molecule has 0 bridgehead atoms. The zero-order chi connectivity index (χ0) is 16.0. The van der Waals surface area contributed by atoms with E-state index in [0.29, 0.717) is 0 Å². The van der Waals surface area contributed by atoms with Gasteiger partial charge in [0.2, 0.25) is 0 Å². The fourth-order valence-electron chi connectivity index (χ4n) is 2.03. The zero-order valence-electron chi connectivity index (χ0n) is 10.4. The summed E-state index contributed by atoms with van der Waals surface area (Å²) in [5.74, 6) is -1.91. The van der Waals surface area contributed by atoms with Gasteiger partial charge in [-0.2, -0.15) is 16.8 Å². The molecule has 0 saturated heterocycles. The van der Waals surface area contributed by atoms with Gasteiger partial charge < -0.3 is 10.8 Å². The van der Waals surface area contributed by atoms with Gasteiger partial charge in [0.15, 0.2) is 0 Å². The first-order chi connectivity index (χ1) is 9.50. The number of benzene rings is 2. The third-order valence-corrected chi connectivity index (χ3v) is 4.41. The molecule has 0 aliphatic rings. The minimum Gasteiger partial charge on any atom is -0.507 e. The molecule has 2 aromatic rings. The van der Waals surface area contributed by atoms with Crippen LogP contribution in [0.5, 0.6) is 5.75 Å². The lowest BCUT2D eigenvalue weighted by Crippen LogP contribution is -2.09. The predicted octanol–water partition coefficient (Wildman–Crippen LogP) is 0.762. The lowest BCUT2D eigenvalue weighted by molar-refractivity contribution is 0.459. The van der Waals surface area contributed by atoms with Gasteiger partial charge in [0, 0.05) is 16.6 Å². The highest BCUT2D eigenvalue weighted by Gasteiger charge is 2.25. The molecule has 0 aromatic heterocycles. The first-order valence-electron chi connectivity index (χ1n) is 5.46. The van der Waals surface area contributed by atoms with Crippen LogP contribution >= 0.6 is 0 Å². The van der Waals surface area contributed by atoms with Crippen LogP contribution in [0.3, 0.4) is 0 Å². The van der Waals surface area contributed by atoms with Crippen molar-refractivity contribution in [1.82, 2.24) is 0 Å². The summed E-state index contributed by atoms with van der Waals surface area (Å²) in [6, 6.07) is 5.32. The highest BCUT2D eigenvalue weighted by atomic mass is 32.2. The van der Waals surface area contributed by atoms with Crippen LogP contribution in [0, 0.1) is 0 Å². The van der Waals surface area contributed by atoms with Crippen LogP contribution in [0.1, 0.15) is 5.56 Å². The molecule has 0 aliphatic heterocycles. The molecular weight excluding hydrogens is 322 g/mol. The smallest absolute Gasteiger partial charge is 0.294 e. The number of phenolic OH excluding ortho intramolecular Hbond substituents is 1. The standard InChI is InChI=1S/C11H11NO7S2/c12-8-3-1-2-6-4-9(21(17,18)19)7(5-20(14,15)16)11(13)10(6)8/h1-4,13H,5,12H2,(H,14,15,16)(H,17,18,19). The molecule has 0 fully saturated rings. The Morgan fingerprint density at radius 2 is 1.71 bits per heavy atom. The number of rotatable bonds is 3. The van der Waals surface area contributed by atoms with Gasteiger partial charge in [-0.25, -0.2) is 0 Å². The van der Waals surface area contributed by atoms with E-state index in [2.05, 4.69) is 0 Å². The van der Waals surface area contributed by atoms with Crippen LogP contribution in [0.2, 0.25) is 0 Å². The van der Waals surface area contributed by atoms with Gasteiger partial charge in [-0.05, 0) is 17.5 Å². The van der Waals surface area contributed by atoms with E-state index in [4.69, 9.17) is 10.3 Å². The molecule has 2 aromatic carbocycles. The maximum absolute atomic E-state index is 11.4. The van der Waals surface area contributed by atoms with Crippen molar-refractivity contribution in [3.63, 3.8) is 0 Å². The normalized spacial score (nSPS) is 12.7. The molecule has 0 aliphatic carbocycles. The number of phenols is 1. The van der Waals surface area contributed by atoms with Crippen molar-refractivity contribution in [3.8, 4) is 5.75 Å². The van der Waals surface area contributed by atoms with Crippen molar-refractivity contribution in [3.05, 3.63) is 29.8 Å². The van der Waals surface area contributed by atoms with Gasteiger partial charge in [0.05, 0.1) is 0 Å². The molecule has 5 N–H and O–H groups in total. The fourth-order valence-corrected chi connectivity index (χ4v) is 3.53. The molecular formula is C11H11NO7S2. The summed E-state index contributed by atoms with van der Waals surface area (Å²) in [6.45, 7) is 0. The van der Waals surface area contributed by atoms with Crippen molar-refractivity contribution in [2.45, 2.75) is 10.6 Å². The van der Waals surface area contributed by atoms with Crippen molar-refractivity contribution in [1.29, 1.82) is 0 Å². The Kier molecular flexibility index (Phi) is 3.58. The second-order valence-electron chi connectivity index (χ2n) is 4.35. The molecule has 0 heterocycles. The topological polar surface area (TPSA) is 155 Å². The van der Waals surface area contributed by atoms with Gasteiger partial charge in [-0.1, -0.05) is 12.1 Å². The predicted molar refractivity (Wildman–Crippen MR) is 75.1 cm³/mol. The average Bonchev–Trinajstić information content (AvgIpc) is 2.29. The lowest BCUT2D eigenvalue weighted by Gasteiger charge is -2.13. The van der Waals surface area contributed by atoms with Gasteiger partial charge in [-0.3, -0.25) is 9.11 Å². The average molecular weight is 333 g/mol. The van der Waals surface area contributed by atoms with Crippen LogP contribution in [-0.2, 0) is 26.0 Å². The van der Waals surface area contributed by atoms with Gasteiger partial charge >= 0.3 is 0 Å². The second kappa shape index (κ2) is 4.84. The van der Waals surface area contributed by atoms with Crippen LogP contribution < -0.4 is 5.73 Å². The molecule has 114 valence electrons. The zero-order valence-corrected chi connectivity index (χ0v) is 12.0. The number of aromatic hydroxyl groups is 1. The highest BCUT2D eigenvalue weighted by molar-refractivity contribution is 7.86. The van der Waals surface area contributed by atoms with E-state index in [1.54, 1.807) is 0 Å². The Balaban J connectivity index is 2.98. The van der Waals surface area contributed by atoms with E-state index in [9.17, 15) is 26.5 Å². The van der Waals surface area contributed by atoms with Gasteiger partial charge in [-0.15, -0.1) is 0 Å². The molecule has 0 spiro atoms. The third kappa shape index (κ3) is 3.08. The SMILES string of the molecule is Nc1cccc2cc(S(=O)(=O)O)c(CS(=O)(=O)O)c(O)c12. The number of anilines is 1. The highest BCUT2D eigenvalue weighted by Crippen LogP contribution is 2.38. The van der Waals surface area contributed by atoms with E-state index >= 15 is 0 Å². The molecule has 0 atom stereocenters. The maximum Gasteiger partial charge on any atom is 0.294 e. The van der Waals surface area contributed by atoms with Crippen LogP contribution in [0.15, 0.2) is 29.2 Å². The molecule has 0 unspecified atom stereocenters. The summed E-state index contributed by atoms with van der Waals surface area (Å²) in [5, 5.41) is 10.3. The Morgan fingerprint density at radius 3 is 2.24 bits per heavy atom. The van der Waals surface area contributed by atoms with Gasteiger partial charge in [0.25, 0.3) is 20.2 Å². The maximum atomic E-state index is 11.4. The van der Waals surface area contributed by atoms with E-state index in [1.807, 2.05) is 0 Å². The Hall–Kier alpha value is -1.88. The number of nitrogens with two attached hydrogens (primary N) is 1. The molecule has 2 rings (SSSR count). The lowest BCUT2D eigenvalue weighted by atomic mass is 10.0. The van der Waals surface area contributed by atoms with Crippen LogP contribution in [0.4, 0.5) is 5.69 Å². The number of hydrogen-bond acceptors (Lipinski definition) is 6. The summed E-state index contributed by atoms with van der Waals surface area (Å²) in [7, 11) is -9.45. The summed E-state index contributed by atoms with van der Waals surface area (Å²) in [6.07, 6.45) is 0. The summed E-state index contributed by atoms with van der Waals surface area (Å²) >= 11 is 0. The summed E-state index contributed by atoms with van der Waals surface area (Å²) in [4.78, 5) is -0.810. The van der Waals surface area contributed by atoms with E-state index in [0.717, 1.165) is 6.07 Å². The first kappa shape index (κ1) is 15.5. The molecule has 21 heavy (non-hydrogen) atoms. The molecule has 0 saturated carbocycles. The second-order valence-corrected chi connectivity index (χ2v) is 7.19. The molecule has 0 amide bonds. The quantitative estimate of drug-likeness (QED) is 0.474. The summed E-state index contributed by atoms with van der Waals surface area (Å²) in [5.41, 5.74) is 5.10. The Morgan fingerprint density at radius 1 is 1.10 bits per heavy atom. The molecule has 0 radical (unpaired) electrons. The van der Waals surface area contributed by atoms with Gasteiger partial charge in [0.1, 0.15) is 16.4 Å². The summed E-state index contributed by atoms with van der Waals surface area (Å²) < 4.78 is 62.7. The molecule has 10 heteroatoms.